The molecule has 0 radical (unpaired) electrons. The van der Waals surface area contributed by atoms with E-state index in [0.29, 0.717) is 17.4 Å². The number of aromatic nitrogens is 2. The summed E-state index contributed by atoms with van der Waals surface area (Å²) in [6.07, 6.45) is 7.28. The van der Waals surface area contributed by atoms with Gasteiger partial charge in [-0.3, -0.25) is 4.68 Å². The molecular weight excluding hydrogens is 288 g/mol. The number of sulfonamides is 1. The number of hydrogen-bond donors (Lipinski definition) is 1. The van der Waals surface area contributed by atoms with Crippen molar-refractivity contribution < 1.29 is 8.42 Å². The predicted molar refractivity (Wildman–Crippen MR) is 82.5 cm³/mol. The molecule has 1 saturated carbocycles. The number of likely N-dealkylation sites (N-methyl/N-ethyl adjacent to an activating group) is 1. The number of nitrogens with one attached hydrogen (secondary N) is 1. The Morgan fingerprint density at radius 2 is 2.24 bits per heavy atom. The van der Waals surface area contributed by atoms with Crippen LogP contribution in [0, 0.1) is 5.92 Å². The first kappa shape index (κ1) is 16.5. The molecule has 0 amide bonds. The molecule has 6 nitrogen and oxygen atoms in total. The fourth-order valence-electron chi connectivity index (χ4n) is 2.92. The Bertz CT molecular complexity index is 555. The van der Waals surface area contributed by atoms with Gasteiger partial charge in [-0.05, 0) is 25.8 Å². The lowest BCUT2D eigenvalue weighted by atomic mass is 9.87. The van der Waals surface area contributed by atoms with Crippen LogP contribution in [0.3, 0.4) is 0 Å². The standard InChI is InChI=1S/C14H26N4O2S/c1-12-5-4-6-13(9-12)17(3)21(19,20)14-10-16-18(11-14)8-7-15-2/h10-13,15H,4-9H2,1-3H3. The maximum absolute atomic E-state index is 12.7. The Kier molecular flexibility index (Phi) is 5.40. The molecule has 2 rings (SSSR count). The van der Waals surface area contributed by atoms with Crippen LogP contribution in [0.1, 0.15) is 32.6 Å². The van der Waals surface area contributed by atoms with E-state index in [-0.39, 0.29) is 6.04 Å². The molecule has 0 aromatic carbocycles. The second kappa shape index (κ2) is 6.89. The van der Waals surface area contributed by atoms with Gasteiger partial charge in [-0.1, -0.05) is 19.8 Å². The molecule has 2 unspecified atom stereocenters. The summed E-state index contributed by atoms with van der Waals surface area (Å²) in [5.41, 5.74) is 0. The molecule has 1 aliphatic carbocycles. The van der Waals surface area contributed by atoms with Crippen LogP contribution in [0.4, 0.5) is 0 Å². The van der Waals surface area contributed by atoms with Crippen LogP contribution in [0.15, 0.2) is 17.3 Å². The van der Waals surface area contributed by atoms with Crippen LogP contribution in [-0.2, 0) is 16.6 Å². The Morgan fingerprint density at radius 1 is 1.48 bits per heavy atom. The maximum Gasteiger partial charge on any atom is 0.246 e. The van der Waals surface area contributed by atoms with Crippen molar-refractivity contribution in [3.8, 4) is 0 Å². The predicted octanol–water partition coefficient (Wildman–Crippen LogP) is 1.30. The second-order valence-corrected chi connectivity index (χ2v) is 7.99. The maximum atomic E-state index is 12.7. The highest BCUT2D eigenvalue weighted by molar-refractivity contribution is 7.89. The Hall–Kier alpha value is -0.920. The molecule has 7 heteroatoms. The Balaban J connectivity index is 2.11. The third-order valence-corrected chi connectivity index (χ3v) is 6.16. The second-order valence-electron chi connectivity index (χ2n) is 5.99. The van der Waals surface area contributed by atoms with Gasteiger partial charge < -0.3 is 5.32 Å². The van der Waals surface area contributed by atoms with Gasteiger partial charge in [0.1, 0.15) is 4.90 Å². The van der Waals surface area contributed by atoms with Crippen molar-refractivity contribution in [2.24, 2.45) is 5.92 Å². The zero-order valence-electron chi connectivity index (χ0n) is 13.1. The van der Waals surface area contributed by atoms with Gasteiger partial charge in [-0.25, -0.2) is 8.42 Å². The van der Waals surface area contributed by atoms with Gasteiger partial charge in [0.2, 0.25) is 10.0 Å². The fourth-order valence-corrected chi connectivity index (χ4v) is 4.27. The molecular formula is C14H26N4O2S. The van der Waals surface area contributed by atoms with Gasteiger partial charge in [-0.2, -0.15) is 9.40 Å². The average molecular weight is 314 g/mol. The molecule has 1 N–H and O–H groups in total. The normalized spacial score (nSPS) is 23.6. The van der Waals surface area contributed by atoms with Gasteiger partial charge in [-0.15, -0.1) is 0 Å². The van der Waals surface area contributed by atoms with Crippen molar-refractivity contribution in [1.82, 2.24) is 19.4 Å². The van der Waals surface area contributed by atoms with Crippen LogP contribution >= 0.6 is 0 Å². The molecule has 0 bridgehead atoms. The van der Waals surface area contributed by atoms with Crippen LogP contribution in [-0.4, -0.2) is 49.2 Å². The van der Waals surface area contributed by atoms with E-state index in [2.05, 4.69) is 17.3 Å². The van der Waals surface area contributed by atoms with E-state index in [9.17, 15) is 8.42 Å². The van der Waals surface area contributed by atoms with Crippen molar-refractivity contribution >= 4 is 10.0 Å². The average Bonchev–Trinajstić information content (AvgIpc) is 2.93. The van der Waals surface area contributed by atoms with E-state index in [4.69, 9.17) is 0 Å². The molecule has 1 aromatic heterocycles. The first-order valence-corrected chi connectivity index (χ1v) is 9.04. The molecule has 0 saturated heterocycles. The summed E-state index contributed by atoms with van der Waals surface area (Å²) in [5.74, 6) is 0.597. The third kappa shape index (κ3) is 3.84. The molecule has 0 spiro atoms. The largest absolute Gasteiger partial charge is 0.318 e. The van der Waals surface area contributed by atoms with Crippen molar-refractivity contribution in [2.75, 3.05) is 20.6 Å². The Labute approximate surface area is 127 Å². The van der Waals surface area contributed by atoms with E-state index in [0.717, 1.165) is 25.8 Å². The molecule has 1 fully saturated rings. The van der Waals surface area contributed by atoms with E-state index < -0.39 is 10.0 Å². The molecule has 1 aromatic rings. The summed E-state index contributed by atoms with van der Waals surface area (Å²) >= 11 is 0. The van der Waals surface area contributed by atoms with Gasteiger partial charge in [0.05, 0.1) is 12.7 Å². The highest BCUT2D eigenvalue weighted by atomic mass is 32.2. The summed E-state index contributed by atoms with van der Waals surface area (Å²) in [6, 6.07) is 0.111. The van der Waals surface area contributed by atoms with Crippen molar-refractivity contribution in [3.05, 3.63) is 12.4 Å². The molecule has 1 aliphatic rings. The van der Waals surface area contributed by atoms with Crippen LogP contribution in [0.5, 0.6) is 0 Å². The quantitative estimate of drug-likeness (QED) is 0.859. The van der Waals surface area contributed by atoms with Gasteiger partial charge in [0.15, 0.2) is 0 Å². The summed E-state index contributed by atoms with van der Waals surface area (Å²) in [5, 5.41) is 7.16. The lowest BCUT2D eigenvalue weighted by Gasteiger charge is -2.33. The number of hydrogen-bond acceptors (Lipinski definition) is 4. The molecule has 0 aliphatic heterocycles. The first-order chi connectivity index (χ1) is 9.95. The van der Waals surface area contributed by atoms with Crippen molar-refractivity contribution in [1.29, 1.82) is 0 Å². The minimum atomic E-state index is -3.44. The lowest BCUT2D eigenvalue weighted by molar-refractivity contribution is 0.239. The highest BCUT2D eigenvalue weighted by Gasteiger charge is 2.31. The van der Waals surface area contributed by atoms with Crippen LogP contribution in [0.2, 0.25) is 0 Å². The number of nitrogens with zero attached hydrogens (tertiary/aromatic N) is 3. The Morgan fingerprint density at radius 3 is 2.90 bits per heavy atom. The third-order valence-electron chi connectivity index (χ3n) is 4.30. The summed E-state index contributed by atoms with van der Waals surface area (Å²) in [6.45, 7) is 3.62. The minimum Gasteiger partial charge on any atom is -0.318 e. The smallest absolute Gasteiger partial charge is 0.246 e. The van der Waals surface area contributed by atoms with Crippen LogP contribution < -0.4 is 5.32 Å². The summed E-state index contributed by atoms with van der Waals surface area (Å²) in [7, 11) is 0.121. The van der Waals surface area contributed by atoms with E-state index in [1.807, 2.05) is 7.05 Å². The van der Waals surface area contributed by atoms with Crippen molar-refractivity contribution in [3.63, 3.8) is 0 Å². The zero-order chi connectivity index (χ0) is 15.5. The SMILES string of the molecule is CNCCn1cc(S(=O)(=O)N(C)C2CCCC(C)C2)cn1. The first-order valence-electron chi connectivity index (χ1n) is 7.60. The van der Waals surface area contributed by atoms with E-state index >= 15 is 0 Å². The fraction of sp³-hybridized carbons (Fsp3) is 0.786. The molecule has 2 atom stereocenters. The highest BCUT2D eigenvalue weighted by Crippen LogP contribution is 2.29. The molecule has 120 valence electrons. The molecule has 1 heterocycles. The van der Waals surface area contributed by atoms with Crippen LogP contribution in [0.25, 0.3) is 0 Å². The van der Waals surface area contributed by atoms with Crippen molar-refractivity contribution in [2.45, 2.75) is 50.1 Å². The zero-order valence-corrected chi connectivity index (χ0v) is 13.9. The number of rotatable bonds is 6. The molecule has 21 heavy (non-hydrogen) atoms. The minimum absolute atomic E-state index is 0.111. The van der Waals surface area contributed by atoms with E-state index in [1.165, 1.54) is 12.6 Å². The lowest BCUT2D eigenvalue weighted by Crippen LogP contribution is -2.39. The topological polar surface area (TPSA) is 67.2 Å². The van der Waals surface area contributed by atoms with Gasteiger partial charge in [0.25, 0.3) is 0 Å². The summed E-state index contributed by atoms with van der Waals surface area (Å²) < 4.78 is 28.6. The van der Waals surface area contributed by atoms with Gasteiger partial charge >= 0.3 is 0 Å². The van der Waals surface area contributed by atoms with E-state index in [1.54, 1.807) is 22.2 Å². The van der Waals surface area contributed by atoms with Gasteiger partial charge in [0, 0.05) is 25.8 Å². The summed E-state index contributed by atoms with van der Waals surface area (Å²) in [4.78, 5) is 0.291. The monoisotopic (exact) mass is 314 g/mol.